The fraction of sp³-hybridized carbons (Fsp3) is 0.167. The zero-order valence-electron chi connectivity index (χ0n) is 9.99. The van der Waals surface area contributed by atoms with Gasteiger partial charge in [-0.1, -0.05) is 0 Å². The van der Waals surface area contributed by atoms with Crippen molar-refractivity contribution in [1.82, 2.24) is 24.4 Å². The first-order valence-corrected chi connectivity index (χ1v) is 5.44. The van der Waals surface area contributed by atoms with E-state index in [1.807, 2.05) is 24.6 Å². The molecule has 0 amide bonds. The molecule has 18 heavy (non-hydrogen) atoms. The van der Waals surface area contributed by atoms with Gasteiger partial charge in [0, 0.05) is 19.4 Å². The van der Waals surface area contributed by atoms with Gasteiger partial charge in [-0.2, -0.15) is 10.4 Å². The maximum absolute atomic E-state index is 8.93. The van der Waals surface area contributed by atoms with Crippen LogP contribution in [-0.2, 0) is 7.05 Å². The van der Waals surface area contributed by atoms with Crippen molar-refractivity contribution in [3.8, 4) is 17.5 Å². The van der Waals surface area contributed by atoms with E-state index < -0.39 is 0 Å². The number of pyridine rings is 1. The summed E-state index contributed by atoms with van der Waals surface area (Å²) in [5.74, 6) is 0.702. The number of hydrogen-bond donors (Lipinski definition) is 0. The van der Waals surface area contributed by atoms with Crippen molar-refractivity contribution >= 4 is 5.65 Å². The average Bonchev–Trinajstić information content (AvgIpc) is 2.91. The molecule has 88 valence electrons. The second-order valence-corrected chi connectivity index (χ2v) is 4.08. The van der Waals surface area contributed by atoms with Crippen LogP contribution >= 0.6 is 0 Å². The van der Waals surface area contributed by atoms with Crippen LogP contribution in [0.4, 0.5) is 0 Å². The molecule has 3 aromatic rings. The molecule has 3 aromatic heterocycles. The van der Waals surface area contributed by atoms with Crippen molar-refractivity contribution in [3.63, 3.8) is 0 Å². The van der Waals surface area contributed by atoms with Gasteiger partial charge in [0.2, 0.25) is 0 Å². The number of aryl methyl sites for hydroxylation is 2. The Balaban J connectivity index is 2.30. The van der Waals surface area contributed by atoms with Crippen LogP contribution in [0, 0.1) is 18.3 Å². The molecule has 0 aliphatic heterocycles. The Morgan fingerprint density at radius 3 is 2.72 bits per heavy atom. The molecule has 0 saturated heterocycles. The molecule has 0 aromatic carbocycles. The highest BCUT2D eigenvalue weighted by molar-refractivity contribution is 5.61. The maximum atomic E-state index is 8.93. The average molecular weight is 238 g/mol. The van der Waals surface area contributed by atoms with E-state index in [-0.39, 0.29) is 0 Å². The number of nitrogens with zero attached hydrogens (tertiary/aromatic N) is 6. The van der Waals surface area contributed by atoms with Gasteiger partial charge in [-0.05, 0) is 19.1 Å². The third-order valence-electron chi connectivity index (χ3n) is 2.79. The lowest BCUT2D eigenvalue weighted by atomic mass is 10.2. The SMILES string of the molecule is Cc1nn(C)cc1-c1nnc2ccc(C#N)cn12. The highest BCUT2D eigenvalue weighted by Crippen LogP contribution is 2.21. The Labute approximate surface area is 103 Å². The monoisotopic (exact) mass is 238 g/mol. The zero-order valence-corrected chi connectivity index (χ0v) is 9.99. The van der Waals surface area contributed by atoms with E-state index in [1.54, 1.807) is 23.0 Å². The molecule has 0 saturated carbocycles. The fourth-order valence-corrected chi connectivity index (χ4v) is 1.96. The van der Waals surface area contributed by atoms with Crippen LogP contribution in [0.15, 0.2) is 24.5 Å². The predicted octanol–water partition coefficient (Wildman–Crippen LogP) is 1.31. The molecule has 0 aliphatic rings. The van der Waals surface area contributed by atoms with Crippen LogP contribution in [0.5, 0.6) is 0 Å². The minimum Gasteiger partial charge on any atom is -0.281 e. The molecule has 0 unspecified atom stereocenters. The molecule has 0 fully saturated rings. The molecule has 0 bridgehead atoms. The van der Waals surface area contributed by atoms with E-state index in [0.717, 1.165) is 11.3 Å². The van der Waals surface area contributed by atoms with Gasteiger partial charge in [0.1, 0.15) is 6.07 Å². The molecular weight excluding hydrogens is 228 g/mol. The van der Waals surface area contributed by atoms with Crippen molar-refractivity contribution < 1.29 is 0 Å². The Morgan fingerprint density at radius 2 is 2.06 bits per heavy atom. The summed E-state index contributed by atoms with van der Waals surface area (Å²) in [5, 5.41) is 21.5. The van der Waals surface area contributed by atoms with Crippen molar-refractivity contribution in [1.29, 1.82) is 5.26 Å². The zero-order chi connectivity index (χ0) is 12.7. The summed E-state index contributed by atoms with van der Waals surface area (Å²) >= 11 is 0. The lowest BCUT2D eigenvalue weighted by Crippen LogP contribution is -1.91. The molecule has 6 nitrogen and oxygen atoms in total. The Hall–Kier alpha value is -2.68. The lowest BCUT2D eigenvalue weighted by Gasteiger charge is -1.98. The van der Waals surface area contributed by atoms with Crippen molar-refractivity contribution in [2.45, 2.75) is 6.92 Å². The minimum absolute atomic E-state index is 0.574. The Kier molecular flexibility index (Phi) is 2.13. The van der Waals surface area contributed by atoms with Gasteiger partial charge >= 0.3 is 0 Å². The van der Waals surface area contributed by atoms with Gasteiger partial charge in [-0.3, -0.25) is 9.08 Å². The number of rotatable bonds is 1. The largest absolute Gasteiger partial charge is 0.281 e. The van der Waals surface area contributed by atoms with E-state index in [9.17, 15) is 0 Å². The first-order chi connectivity index (χ1) is 8.69. The van der Waals surface area contributed by atoms with Crippen LogP contribution in [0.1, 0.15) is 11.3 Å². The van der Waals surface area contributed by atoms with Gasteiger partial charge in [0.05, 0.1) is 16.8 Å². The van der Waals surface area contributed by atoms with Gasteiger partial charge < -0.3 is 0 Å². The molecule has 0 radical (unpaired) electrons. The second kappa shape index (κ2) is 3.67. The fourth-order valence-electron chi connectivity index (χ4n) is 1.96. The molecule has 0 atom stereocenters. The summed E-state index contributed by atoms with van der Waals surface area (Å²) in [6, 6.07) is 5.61. The summed E-state index contributed by atoms with van der Waals surface area (Å²) in [5.41, 5.74) is 3.09. The van der Waals surface area contributed by atoms with Crippen molar-refractivity contribution in [3.05, 3.63) is 35.8 Å². The number of nitriles is 1. The topological polar surface area (TPSA) is 71.8 Å². The smallest absolute Gasteiger partial charge is 0.171 e. The normalized spacial score (nSPS) is 10.7. The van der Waals surface area contributed by atoms with Gasteiger partial charge in [-0.25, -0.2) is 0 Å². The summed E-state index contributed by atoms with van der Waals surface area (Å²) in [7, 11) is 1.86. The molecule has 3 rings (SSSR count). The lowest BCUT2D eigenvalue weighted by molar-refractivity contribution is 0.756. The van der Waals surface area contributed by atoms with E-state index in [4.69, 9.17) is 5.26 Å². The first kappa shape index (κ1) is 10.5. The van der Waals surface area contributed by atoms with Crippen molar-refractivity contribution in [2.75, 3.05) is 0 Å². The van der Waals surface area contributed by atoms with Crippen LogP contribution < -0.4 is 0 Å². The third-order valence-corrected chi connectivity index (χ3v) is 2.79. The van der Waals surface area contributed by atoms with Crippen LogP contribution in [0.3, 0.4) is 0 Å². The maximum Gasteiger partial charge on any atom is 0.171 e. The van der Waals surface area contributed by atoms with Crippen molar-refractivity contribution in [2.24, 2.45) is 7.05 Å². The highest BCUT2D eigenvalue weighted by atomic mass is 15.3. The molecule has 0 aliphatic carbocycles. The molecular formula is C12H10N6. The van der Waals surface area contributed by atoms with E-state index in [1.165, 1.54) is 0 Å². The third kappa shape index (κ3) is 1.45. The first-order valence-electron chi connectivity index (χ1n) is 5.44. The summed E-state index contributed by atoms with van der Waals surface area (Å²) in [6.45, 7) is 1.92. The predicted molar refractivity (Wildman–Crippen MR) is 64.6 cm³/mol. The van der Waals surface area contributed by atoms with Crippen LogP contribution in [0.25, 0.3) is 17.0 Å². The summed E-state index contributed by atoms with van der Waals surface area (Å²) < 4.78 is 3.54. The Morgan fingerprint density at radius 1 is 1.22 bits per heavy atom. The molecule has 3 heterocycles. The minimum atomic E-state index is 0.574. The number of hydrogen-bond acceptors (Lipinski definition) is 4. The van der Waals surface area contributed by atoms with E-state index in [0.29, 0.717) is 17.0 Å². The molecule has 0 N–H and O–H groups in total. The van der Waals surface area contributed by atoms with Crippen LogP contribution in [-0.4, -0.2) is 24.4 Å². The number of fused-ring (bicyclic) bond motifs is 1. The summed E-state index contributed by atoms with van der Waals surface area (Å²) in [6.07, 6.45) is 3.63. The Bertz CT molecular complexity index is 774. The van der Waals surface area contributed by atoms with E-state index >= 15 is 0 Å². The van der Waals surface area contributed by atoms with Gasteiger partial charge in [0.25, 0.3) is 0 Å². The molecule has 0 spiro atoms. The number of aromatic nitrogens is 5. The second-order valence-electron chi connectivity index (χ2n) is 4.08. The van der Waals surface area contributed by atoms with E-state index in [2.05, 4.69) is 21.4 Å². The van der Waals surface area contributed by atoms with Gasteiger partial charge in [0.15, 0.2) is 11.5 Å². The quantitative estimate of drug-likeness (QED) is 0.640. The standard InChI is InChI=1S/C12H10N6/c1-8-10(7-17(2)16-8)12-15-14-11-4-3-9(5-13)6-18(11)12/h3-4,6-7H,1-2H3. The van der Waals surface area contributed by atoms with Crippen LogP contribution in [0.2, 0.25) is 0 Å². The molecule has 6 heteroatoms. The summed E-state index contributed by atoms with van der Waals surface area (Å²) in [4.78, 5) is 0. The highest BCUT2D eigenvalue weighted by Gasteiger charge is 2.13. The van der Waals surface area contributed by atoms with Gasteiger partial charge in [-0.15, -0.1) is 10.2 Å².